The lowest BCUT2D eigenvalue weighted by atomic mass is 9.80. The fourth-order valence-electron chi connectivity index (χ4n) is 3.33. The third-order valence-electron chi connectivity index (χ3n) is 4.53. The largest absolute Gasteiger partial charge is 0.299 e. The van der Waals surface area contributed by atoms with Gasteiger partial charge < -0.3 is 0 Å². The zero-order chi connectivity index (χ0) is 12.1. The van der Waals surface area contributed by atoms with Gasteiger partial charge in [-0.05, 0) is 44.4 Å². The van der Waals surface area contributed by atoms with Gasteiger partial charge in [-0.1, -0.05) is 37.8 Å². The van der Waals surface area contributed by atoms with Crippen LogP contribution in [0.4, 0.5) is 0 Å². The van der Waals surface area contributed by atoms with Crippen LogP contribution in [0, 0.1) is 11.8 Å². The van der Waals surface area contributed by atoms with Gasteiger partial charge in [0, 0.05) is 12.3 Å². The molecule has 1 nitrogen and oxygen atoms in total. The monoisotopic (exact) mass is 234 g/mol. The van der Waals surface area contributed by atoms with Crippen molar-refractivity contribution in [2.45, 2.75) is 71.1 Å². The number of carbonyl (C=O) groups is 1. The number of carbonyl (C=O) groups excluding carboxylic acids is 1. The normalized spacial score (nSPS) is 24.2. The highest BCUT2D eigenvalue weighted by atomic mass is 16.1. The van der Waals surface area contributed by atoms with Crippen molar-refractivity contribution in [3.63, 3.8) is 0 Å². The molecule has 2 rings (SSSR count). The predicted octanol–water partition coefficient (Wildman–Crippen LogP) is 4.66. The van der Waals surface area contributed by atoms with Crippen LogP contribution in [0.5, 0.6) is 0 Å². The molecule has 2 aliphatic carbocycles. The molecule has 1 heteroatoms. The molecule has 0 aliphatic heterocycles. The molecule has 0 spiro atoms. The van der Waals surface area contributed by atoms with E-state index in [2.05, 4.69) is 13.0 Å². The second kappa shape index (κ2) is 6.37. The van der Waals surface area contributed by atoms with Gasteiger partial charge in [0.1, 0.15) is 5.78 Å². The van der Waals surface area contributed by atoms with Gasteiger partial charge in [0.15, 0.2) is 0 Å². The SMILES string of the molecule is CC(CC(=O)C1CCCCC1)C1=CCCCC1. The molecule has 0 aromatic heterocycles. The molecule has 0 bridgehead atoms. The summed E-state index contributed by atoms with van der Waals surface area (Å²) in [6.07, 6.45) is 14.5. The van der Waals surface area contributed by atoms with E-state index in [0.717, 1.165) is 19.3 Å². The summed E-state index contributed by atoms with van der Waals surface area (Å²) in [6, 6.07) is 0. The Balaban J connectivity index is 1.82. The van der Waals surface area contributed by atoms with Crippen molar-refractivity contribution in [1.29, 1.82) is 0 Å². The Kier molecular flexibility index (Phi) is 4.82. The molecule has 0 N–H and O–H groups in total. The number of Topliss-reactive ketones (excluding diaryl/α,β-unsaturated/α-hetero) is 1. The average Bonchev–Trinajstić information content (AvgIpc) is 2.40. The maximum absolute atomic E-state index is 12.2. The van der Waals surface area contributed by atoms with Crippen molar-refractivity contribution < 1.29 is 4.79 Å². The van der Waals surface area contributed by atoms with Gasteiger partial charge in [-0.3, -0.25) is 4.79 Å². The first-order valence-corrected chi connectivity index (χ1v) is 7.49. The summed E-state index contributed by atoms with van der Waals surface area (Å²) in [6.45, 7) is 2.25. The minimum atomic E-state index is 0.399. The molecule has 0 aromatic rings. The Hall–Kier alpha value is -0.590. The predicted molar refractivity (Wildman–Crippen MR) is 71.9 cm³/mol. The van der Waals surface area contributed by atoms with Crippen LogP contribution in [-0.2, 0) is 4.79 Å². The molecule has 17 heavy (non-hydrogen) atoms. The van der Waals surface area contributed by atoms with Crippen LogP contribution < -0.4 is 0 Å². The van der Waals surface area contributed by atoms with Gasteiger partial charge in [-0.15, -0.1) is 0 Å². The van der Waals surface area contributed by atoms with Crippen LogP contribution in [0.15, 0.2) is 11.6 Å². The first-order chi connectivity index (χ1) is 8.27. The molecule has 0 amide bonds. The molecule has 1 unspecified atom stereocenters. The summed E-state index contributed by atoms with van der Waals surface area (Å²) in [5.74, 6) is 1.45. The molecule has 1 saturated carbocycles. The van der Waals surface area contributed by atoms with Gasteiger partial charge in [-0.25, -0.2) is 0 Å². The molecule has 0 aromatic carbocycles. The van der Waals surface area contributed by atoms with Crippen LogP contribution in [-0.4, -0.2) is 5.78 Å². The van der Waals surface area contributed by atoms with Crippen LogP contribution >= 0.6 is 0 Å². The fourth-order valence-corrected chi connectivity index (χ4v) is 3.33. The van der Waals surface area contributed by atoms with Crippen LogP contribution in [0.25, 0.3) is 0 Å². The Morgan fingerprint density at radius 2 is 2.00 bits per heavy atom. The van der Waals surface area contributed by atoms with Crippen molar-refractivity contribution in [3.8, 4) is 0 Å². The smallest absolute Gasteiger partial charge is 0.136 e. The summed E-state index contributed by atoms with van der Waals surface area (Å²) < 4.78 is 0. The Bertz CT molecular complexity index is 284. The summed E-state index contributed by atoms with van der Waals surface area (Å²) in [7, 11) is 0. The van der Waals surface area contributed by atoms with E-state index >= 15 is 0 Å². The van der Waals surface area contributed by atoms with Crippen LogP contribution in [0.3, 0.4) is 0 Å². The maximum Gasteiger partial charge on any atom is 0.136 e. The van der Waals surface area contributed by atoms with E-state index in [1.165, 1.54) is 44.9 Å². The third kappa shape index (κ3) is 3.69. The number of ketones is 1. The second-order valence-electron chi connectivity index (χ2n) is 5.93. The standard InChI is InChI=1S/C16H26O/c1-13(14-8-4-2-5-9-14)12-16(17)15-10-6-3-7-11-15/h8,13,15H,2-7,9-12H2,1H3. The molecule has 2 aliphatic rings. The molecule has 0 heterocycles. The third-order valence-corrected chi connectivity index (χ3v) is 4.53. The first kappa shape index (κ1) is 12.9. The number of allylic oxidation sites excluding steroid dienone is 2. The minimum Gasteiger partial charge on any atom is -0.299 e. The lowest BCUT2D eigenvalue weighted by Gasteiger charge is -2.24. The van der Waals surface area contributed by atoms with Gasteiger partial charge in [0.2, 0.25) is 0 Å². The Labute approximate surface area is 106 Å². The van der Waals surface area contributed by atoms with E-state index in [4.69, 9.17) is 0 Å². The molecular weight excluding hydrogens is 208 g/mol. The van der Waals surface area contributed by atoms with Gasteiger partial charge in [0.05, 0.1) is 0 Å². The van der Waals surface area contributed by atoms with Crippen molar-refractivity contribution in [2.24, 2.45) is 11.8 Å². The number of hydrogen-bond donors (Lipinski definition) is 0. The minimum absolute atomic E-state index is 0.399. The van der Waals surface area contributed by atoms with Gasteiger partial charge in [-0.2, -0.15) is 0 Å². The van der Waals surface area contributed by atoms with Crippen molar-refractivity contribution in [3.05, 3.63) is 11.6 Å². The quantitative estimate of drug-likeness (QED) is 0.646. The van der Waals surface area contributed by atoms with Gasteiger partial charge in [0.25, 0.3) is 0 Å². The van der Waals surface area contributed by atoms with Crippen molar-refractivity contribution in [2.75, 3.05) is 0 Å². The topological polar surface area (TPSA) is 17.1 Å². The zero-order valence-electron chi connectivity index (χ0n) is 11.2. The van der Waals surface area contributed by atoms with E-state index in [1.807, 2.05) is 0 Å². The lowest BCUT2D eigenvalue weighted by Crippen LogP contribution is -2.20. The summed E-state index contributed by atoms with van der Waals surface area (Å²) in [5, 5.41) is 0. The molecule has 96 valence electrons. The molecular formula is C16H26O. The highest BCUT2D eigenvalue weighted by molar-refractivity contribution is 5.81. The van der Waals surface area contributed by atoms with E-state index in [9.17, 15) is 4.79 Å². The molecule has 1 fully saturated rings. The number of rotatable bonds is 4. The van der Waals surface area contributed by atoms with Crippen molar-refractivity contribution in [1.82, 2.24) is 0 Å². The lowest BCUT2D eigenvalue weighted by molar-refractivity contribution is -0.124. The molecule has 0 radical (unpaired) electrons. The van der Waals surface area contributed by atoms with Crippen LogP contribution in [0.1, 0.15) is 71.1 Å². The van der Waals surface area contributed by atoms with E-state index in [0.29, 0.717) is 17.6 Å². The maximum atomic E-state index is 12.2. The summed E-state index contributed by atoms with van der Waals surface area (Å²) in [4.78, 5) is 12.2. The zero-order valence-corrected chi connectivity index (χ0v) is 11.2. The summed E-state index contributed by atoms with van der Waals surface area (Å²) >= 11 is 0. The Morgan fingerprint density at radius 1 is 1.24 bits per heavy atom. The second-order valence-corrected chi connectivity index (χ2v) is 5.93. The van der Waals surface area contributed by atoms with Gasteiger partial charge >= 0.3 is 0 Å². The fraction of sp³-hybridized carbons (Fsp3) is 0.812. The first-order valence-electron chi connectivity index (χ1n) is 7.49. The highest BCUT2D eigenvalue weighted by Gasteiger charge is 2.23. The van der Waals surface area contributed by atoms with E-state index in [1.54, 1.807) is 5.57 Å². The van der Waals surface area contributed by atoms with Crippen molar-refractivity contribution >= 4 is 5.78 Å². The molecule has 0 saturated heterocycles. The van der Waals surface area contributed by atoms with E-state index < -0.39 is 0 Å². The van der Waals surface area contributed by atoms with E-state index in [-0.39, 0.29) is 0 Å². The van der Waals surface area contributed by atoms with Crippen LogP contribution in [0.2, 0.25) is 0 Å². The summed E-state index contributed by atoms with van der Waals surface area (Å²) in [5.41, 5.74) is 1.56. The number of hydrogen-bond acceptors (Lipinski definition) is 1. The molecule has 1 atom stereocenters. The average molecular weight is 234 g/mol. The Morgan fingerprint density at radius 3 is 2.65 bits per heavy atom. The highest BCUT2D eigenvalue weighted by Crippen LogP contribution is 2.30.